The lowest BCUT2D eigenvalue weighted by molar-refractivity contribution is -0.135. The second-order valence-electron chi connectivity index (χ2n) is 5.54. The summed E-state index contributed by atoms with van der Waals surface area (Å²) in [7, 11) is 1.60. The predicted octanol–water partition coefficient (Wildman–Crippen LogP) is 3.66. The summed E-state index contributed by atoms with van der Waals surface area (Å²) in [4.78, 5) is 25.8. The lowest BCUT2D eigenvalue weighted by atomic mass is 10.1. The Morgan fingerprint density at radius 1 is 1.04 bits per heavy atom. The van der Waals surface area contributed by atoms with Crippen molar-refractivity contribution in [2.75, 3.05) is 13.7 Å². The molecule has 138 valence electrons. The number of rotatable bonds is 7. The molecule has 1 unspecified atom stereocenters. The fourth-order valence-corrected chi connectivity index (χ4v) is 2.31. The first-order valence-corrected chi connectivity index (χ1v) is 7.91. The number of esters is 1. The number of hydrogen-bond acceptors (Lipinski definition) is 4. The largest absolute Gasteiger partial charge is 0.452 e. The van der Waals surface area contributed by atoms with Crippen LogP contribution in [0.5, 0.6) is 5.75 Å². The van der Waals surface area contributed by atoms with Crippen molar-refractivity contribution in [2.45, 2.75) is 19.6 Å². The second kappa shape index (κ2) is 8.94. The van der Waals surface area contributed by atoms with Gasteiger partial charge in [0, 0.05) is 7.05 Å². The summed E-state index contributed by atoms with van der Waals surface area (Å²) in [6, 6.07) is 14.6. The number of benzene rings is 2. The van der Waals surface area contributed by atoms with Crippen LogP contribution in [0.1, 0.15) is 28.9 Å². The van der Waals surface area contributed by atoms with Gasteiger partial charge in [-0.15, -0.1) is 0 Å². The third-order valence-corrected chi connectivity index (χ3v) is 3.91. The first kappa shape index (κ1) is 19.4. The van der Waals surface area contributed by atoms with Crippen molar-refractivity contribution in [3.63, 3.8) is 0 Å². The zero-order chi connectivity index (χ0) is 19.1. The van der Waals surface area contributed by atoms with E-state index in [9.17, 15) is 18.4 Å². The van der Waals surface area contributed by atoms with Gasteiger partial charge in [0.25, 0.3) is 5.91 Å². The number of hydrogen-bond donors (Lipinski definition) is 0. The minimum atomic E-state index is -3.07. The van der Waals surface area contributed by atoms with Crippen molar-refractivity contribution in [2.24, 2.45) is 0 Å². The maximum Gasteiger partial charge on any atom is 0.387 e. The van der Waals surface area contributed by atoms with Crippen molar-refractivity contribution < 1.29 is 27.8 Å². The zero-order valence-electron chi connectivity index (χ0n) is 14.4. The number of ether oxygens (including phenoxy) is 2. The van der Waals surface area contributed by atoms with E-state index in [-0.39, 0.29) is 17.4 Å². The monoisotopic (exact) mass is 363 g/mol. The summed E-state index contributed by atoms with van der Waals surface area (Å²) in [5, 5.41) is 0. The topological polar surface area (TPSA) is 55.8 Å². The highest BCUT2D eigenvalue weighted by Gasteiger charge is 2.21. The quantitative estimate of drug-likeness (QED) is 0.705. The number of para-hydroxylation sites is 1. The number of nitrogens with zero attached hydrogens (tertiary/aromatic N) is 1. The molecule has 7 heteroatoms. The van der Waals surface area contributed by atoms with Crippen LogP contribution in [0.2, 0.25) is 0 Å². The molecule has 0 saturated carbocycles. The van der Waals surface area contributed by atoms with Crippen molar-refractivity contribution in [3.05, 3.63) is 65.7 Å². The summed E-state index contributed by atoms with van der Waals surface area (Å²) < 4.78 is 34.0. The van der Waals surface area contributed by atoms with Gasteiger partial charge in [0.15, 0.2) is 6.61 Å². The maximum absolute atomic E-state index is 12.4. The van der Waals surface area contributed by atoms with Crippen LogP contribution in [0.4, 0.5) is 8.78 Å². The molecule has 0 N–H and O–H groups in total. The maximum atomic E-state index is 12.4. The van der Waals surface area contributed by atoms with Gasteiger partial charge in [-0.1, -0.05) is 42.5 Å². The van der Waals surface area contributed by atoms with Crippen LogP contribution in [-0.4, -0.2) is 37.0 Å². The highest BCUT2D eigenvalue weighted by molar-refractivity contribution is 5.94. The molecular formula is C19H19F2NO4. The summed E-state index contributed by atoms with van der Waals surface area (Å²) >= 11 is 0. The third kappa shape index (κ3) is 5.02. The van der Waals surface area contributed by atoms with Gasteiger partial charge >= 0.3 is 12.6 Å². The van der Waals surface area contributed by atoms with E-state index in [0.29, 0.717) is 0 Å². The minimum Gasteiger partial charge on any atom is -0.452 e. The van der Waals surface area contributed by atoms with E-state index in [1.807, 2.05) is 37.3 Å². The molecule has 0 saturated heterocycles. The molecule has 26 heavy (non-hydrogen) atoms. The number of alkyl halides is 2. The smallest absolute Gasteiger partial charge is 0.387 e. The van der Waals surface area contributed by atoms with Gasteiger partial charge in [0.05, 0.1) is 6.04 Å². The molecule has 2 aromatic rings. The third-order valence-electron chi connectivity index (χ3n) is 3.91. The first-order valence-electron chi connectivity index (χ1n) is 7.91. The van der Waals surface area contributed by atoms with Crippen LogP contribution in [0.15, 0.2) is 54.6 Å². The molecule has 0 radical (unpaired) electrons. The average molecular weight is 363 g/mol. The van der Waals surface area contributed by atoms with Gasteiger partial charge in [-0.05, 0) is 24.6 Å². The fourth-order valence-electron chi connectivity index (χ4n) is 2.31. The van der Waals surface area contributed by atoms with E-state index in [1.165, 1.54) is 29.2 Å². The number of amides is 1. The fraction of sp³-hybridized carbons (Fsp3) is 0.263. The van der Waals surface area contributed by atoms with Crippen LogP contribution in [0.25, 0.3) is 0 Å². The highest BCUT2D eigenvalue weighted by Crippen LogP contribution is 2.22. The van der Waals surface area contributed by atoms with E-state index in [1.54, 1.807) is 7.05 Å². The minimum absolute atomic E-state index is 0.167. The van der Waals surface area contributed by atoms with E-state index in [2.05, 4.69) is 4.74 Å². The number of carbonyl (C=O) groups is 2. The van der Waals surface area contributed by atoms with Crippen LogP contribution in [0, 0.1) is 0 Å². The summed E-state index contributed by atoms with van der Waals surface area (Å²) in [6.07, 6.45) is 0. The molecule has 1 amide bonds. The lowest BCUT2D eigenvalue weighted by Crippen LogP contribution is -2.33. The molecule has 0 heterocycles. The molecule has 0 spiro atoms. The lowest BCUT2D eigenvalue weighted by Gasteiger charge is -2.25. The molecule has 0 bridgehead atoms. The van der Waals surface area contributed by atoms with Crippen molar-refractivity contribution >= 4 is 11.9 Å². The average Bonchev–Trinajstić information content (AvgIpc) is 2.65. The Morgan fingerprint density at radius 2 is 1.65 bits per heavy atom. The molecule has 0 aliphatic rings. The normalized spacial score (nSPS) is 11.7. The summed E-state index contributed by atoms with van der Waals surface area (Å²) in [6.45, 7) is -1.72. The first-order chi connectivity index (χ1) is 12.4. The predicted molar refractivity (Wildman–Crippen MR) is 91.0 cm³/mol. The molecule has 0 aromatic heterocycles. The van der Waals surface area contributed by atoms with Crippen molar-refractivity contribution in [3.8, 4) is 5.75 Å². The molecule has 1 atom stereocenters. The Hall–Kier alpha value is -2.96. The molecular weight excluding hydrogens is 344 g/mol. The second-order valence-corrected chi connectivity index (χ2v) is 5.54. The summed E-state index contributed by atoms with van der Waals surface area (Å²) in [5.74, 6) is -1.62. The van der Waals surface area contributed by atoms with E-state index < -0.39 is 25.1 Å². The van der Waals surface area contributed by atoms with Crippen LogP contribution in [0.3, 0.4) is 0 Å². The Bertz CT molecular complexity index is 752. The van der Waals surface area contributed by atoms with E-state index in [0.717, 1.165) is 5.56 Å². The highest BCUT2D eigenvalue weighted by atomic mass is 19.3. The van der Waals surface area contributed by atoms with Crippen LogP contribution in [-0.2, 0) is 9.53 Å². The number of carbonyl (C=O) groups excluding carboxylic acids is 2. The number of likely N-dealkylation sites (N-methyl/N-ethyl adjacent to an activating group) is 1. The molecule has 0 aliphatic carbocycles. The molecule has 0 aliphatic heterocycles. The van der Waals surface area contributed by atoms with Gasteiger partial charge in [-0.3, -0.25) is 4.79 Å². The van der Waals surface area contributed by atoms with Crippen molar-refractivity contribution in [1.82, 2.24) is 4.90 Å². The van der Waals surface area contributed by atoms with Gasteiger partial charge in [0.2, 0.25) is 0 Å². The molecule has 5 nitrogen and oxygen atoms in total. The van der Waals surface area contributed by atoms with Gasteiger partial charge in [-0.2, -0.15) is 8.78 Å². The van der Waals surface area contributed by atoms with Gasteiger partial charge < -0.3 is 14.4 Å². The van der Waals surface area contributed by atoms with Gasteiger partial charge in [-0.25, -0.2) is 4.79 Å². The Balaban J connectivity index is 1.98. The van der Waals surface area contributed by atoms with Crippen LogP contribution < -0.4 is 4.74 Å². The SMILES string of the molecule is CC(c1ccccc1)N(C)C(=O)COC(=O)c1ccccc1OC(F)F. The number of halogens is 2. The van der Waals surface area contributed by atoms with Crippen molar-refractivity contribution in [1.29, 1.82) is 0 Å². The Labute approximate surface area is 150 Å². The summed E-state index contributed by atoms with van der Waals surface area (Å²) in [5.41, 5.74) is 0.768. The standard InChI is InChI=1S/C19H19F2NO4/c1-13(14-8-4-3-5-9-14)22(2)17(23)12-25-18(24)15-10-6-7-11-16(15)26-19(20)21/h3-11,13,19H,12H2,1-2H3. The molecule has 2 rings (SSSR count). The van der Waals surface area contributed by atoms with Gasteiger partial charge in [0.1, 0.15) is 11.3 Å². The Kier molecular flexibility index (Phi) is 6.66. The van der Waals surface area contributed by atoms with E-state index in [4.69, 9.17) is 4.74 Å². The molecule has 0 fully saturated rings. The van der Waals surface area contributed by atoms with Crippen LogP contribution >= 0.6 is 0 Å². The zero-order valence-corrected chi connectivity index (χ0v) is 14.4. The Morgan fingerprint density at radius 3 is 2.31 bits per heavy atom. The van der Waals surface area contributed by atoms with E-state index >= 15 is 0 Å². The molecule has 2 aromatic carbocycles.